The van der Waals surface area contributed by atoms with Crippen LogP contribution in [0.3, 0.4) is 0 Å². The van der Waals surface area contributed by atoms with Gasteiger partial charge in [0, 0.05) is 24.3 Å². The normalized spacial score (nSPS) is 11.3. The number of hydrogen-bond donors (Lipinski definition) is 2. The third-order valence-electron chi connectivity index (χ3n) is 4.76. The van der Waals surface area contributed by atoms with Crippen LogP contribution in [0.25, 0.3) is 0 Å². The summed E-state index contributed by atoms with van der Waals surface area (Å²) in [5.74, 6) is 0.875. The SMILES string of the molecule is Cc1onc(NS(=O)(=O)c2ccc([N+](=O)[O-])cc2)c1Br.Cc1onc(NS(=O)(=O)c2ccc([N+](=O)[O-])cc2)c1Br. The third kappa shape index (κ3) is 7.20. The molecule has 4 aromatic rings. The molecular formula is C20H16Br2N6O10S2. The number of non-ortho nitro benzene ring substituents is 2. The number of nitrogens with zero attached hydrogens (tertiary/aromatic N) is 4. The number of aromatic nitrogens is 2. The largest absolute Gasteiger partial charge is 0.358 e. The Labute approximate surface area is 242 Å². The van der Waals surface area contributed by atoms with Gasteiger partial charge in [0.15, 0.2) is 11.6 Å². The molecule has 20 heteroatoms. The summed E-state index contributed by atoms with van der Waals surface area (Å²) in [6.45, 7) is 3.22. The third-order valence-corrected chi connectivity index (χ3v) is 9.34. The summed E-state index contributed by atoms with van der Waals surface area (Å²) in [5.41, 5.74) is -0.384. The molecule has 40 heavy (non-hydrogen) atoms. The minimum atomic E-state index is -3.89. The van der Waals surface area contributed by atoms with Crippen LogP contribution < -0.4 is 9.44 Å². The Balaban J connectivity index is 0.000000220. The lowest BCUT2D eigenvalue weighted by Gasteiger charge is -2.05. The Morgan fingerprint density at radius 3 is 1.20 bits per heavy atom. The molecule has 16 nitrogen and oxygen atoms in total. The van der Waals surface area contributed by atoms with E-state index < -0.39 is 29.9 Å². The van der Waals surface area contributed by atoms with Gasteiger partial charge < -0.3 is 9.05 Å². The number of nitro groups is 2. The highest BCUT2D eigenvalue weighted by Gasteiger charge is 2.21. The van der Waals surface area contributed by atoms with Crippen molar-refractivity contribution >= 4 is 74.9 Å². The molecule has 0 amide bonds. The van der Waals surface area contributed by atoms with E-state index in [9.17, 15) is 37.1 Å². The van der Waals surface area contributed by atoms with Crippen LogP contribution in [0.1, 0.15) is 11.5 Å². The molecule has 0 saturated carbocycles. The Hall–Kier alpha value is -3.88. The van der Waals surface area contributed by atoms with E-state index >= 15 is 0 Å². The highest BCUT2D eigenvalue weighted by atomic mass is 79.9. The van der Waals surface area contributed by atoms with Crippen LogP contribution in [-0.2, 0) is 20.0 Å². The van der Waals surface area contributed by atoms with Gasteiger partial charge in [0.2, 0.25) is 0 Å². The van der Waals surface area contributed by atoms with Crippen molar-refractivity contribution in [3.8, 4) is 0 Å². The van der Waals surface area contributed by atoms with Crippen LogP contribution in [0.2, 0.25) is 0 Å². The first-order chi connectivity index (χ1) is 18.6. The van der Waals surface area contributed by atoms with E-state index in [2.05, 4.69) is 51.6 Å². The molecule has 2 aromatic carbocycles. The predicted octanol–water partition coefficient (Wildman–Crippen LogP) is 4.91. The molecule has 0 fully saturated rings. The molecule has 0 aliphatic rings. The van der Waals surface area contributed by atoms with Crippen LogP contribution >= 0.6 is 31.9 Å². The molecule has 2 heterocycles. The van der Waals surface area contributed by atoms with Crippen molar-refractivity contribution in [2.75, 3.05) is 9.44 Å². The lowest BCUT2D eigenvalue weighted by atomic mass is 10.3. The second-order valence-corrected chi connectivity index (χ2v) is 12.5. The summed E-state index contributed by atoms with van der Waals surface area (Å²) >= 11 is 6.27. The van der Waals surface area contributed by atoms with Crippen molar-refractivity contribution in [2.45, 2.75) is 23.6 Å². The van der Waals surface area contributed by atoms with Gasteiger partial charge in [-0.3, -0.25) is 29.7 Å². The Kier molecular flexibility index (Phi) is 9.28. The molecule has 0 radical (unpaired) electrons. The minimum absolute atomic E-state index is 0.0147. The fraction of sp³-hybridized carbons (Fsp3) is 0.100. The highest BCUT2D eigenvalue weighted by molar-refractivity contribution is 9.11. The first-order valence-electron chi connectivity index (χ1n) is 10.4. The highest BCUT2D eigenvalue weighted by Crippen LogP contribution is 2.28. The smallest absolute Gasteiger partial charge is 0.269 e. The van der Waals surface area contributed by atoms with Gasteiger partial charge in [-0.2, -0.15) is 0 Å². The first-order valence-corrected chi connectivity index (χ1v) is 15.0. The van der Waals surface area contributed by atoms with Crippen LogP contribution in [0.4, 0.5) is 23.0 Å². The summed E-state index contributed by atoms with van der Waals surface area (Å²) in [7, 11) is -7.78. The van der Waals surface area contributed by atoms with E-state index in [4.69, 9.17) is 9.05 Å². The van der Waals surface area contributed by atoms with E-state index in [1.165, 1.54) is 0 Å². The van der Waals surface area contributed by atoms with E-state index in [0.717, 1.165) is 48.5 Å². The Bertz CT molecular complexity index is 1640. The number of anilines is 2. The zero-order valence-electron chi connectivity index (χ0n) is 20.1. The Morgan fingerprint density at radius 1 is 0.675 bits per heavy atom. The quantitative estimate of drug-likeness (QED) is 0.182. The van der Waals surface area contributed by atoms with Crippen molar-refractivity contribution < 1.29 is 35.7 Å². The minimum Gasteiger partial charge on any atom is -0.358 e. The maximum atomic E-state index is 12.1. The molecule has 0 aliphatic heterocycles. The van der Waals surface area contributed by atoms with Gasteiger partial charge in [-0.15, -0.1) is 0 Å². The van der Waals surface area contributed by atoms with Crippen LogP contribution in [0.5, 0.6) is 0 Å². The van der Waals surface area contributed by atoms with Gasteiger partial charge in [-0.05, 0) is 70.0 Å². The number of sulfonamides is 2. The molecule has 0 unspecified atom stereocenters. The maximum absolute atomic E-state index is 12.1. The molecule has 0 saturated heterocycles. The van der Waals surface area contributed by atoms with E-state index in [1.54, 1.807) is 13.8 Å². The lowest BCUT2D eigenvalue weighted by Crippen LogP contribution is -2.13. The first kappa shape index (κ1) is 30.7. The molecular weight excluding hydrogens is 708 g/mol. The second kappa shape index (κ2) is 12.1. The maximum Gasteiger partial charge on any atom is 0.269 e. The number of halogens is 2. The zero-order chi connectivity index (χ0) is 29.8. The average molecular weight is 724 g/mol. The molecule has 0 atom stereocenters. The molecule has 2 aromatic heterocycles. The van der Waals surface area contributed by atoms with Gasteiger partial charge in [-0.1, -0.05) is 10.3 Å². The summed E-state index contributed by atoms with van der Waals surface area (Å²) < 4.78 is 63.1. The molecule has 0 spiro atoms. The summed E-state index contributed by atoms with van der Waals surface area (Å²) in [4.78, 5) is 19.6. The summed E-state index contributed by atoms with van der Waals surface area (Å²) in [6.07, 6.45) is 0. The Morgan fingerprint density at radius 2 is 0.975 bits per heavy atom. The fourth-order valence-electron chi connectivity index (χ4n) is 2.72. The number of aryl methyl sites for hydroxylation is 2. The van der Waals surface area contributed by atoms with Gasteiger partial charge in [0.05, 0.1) is 19.6 Å². The molecule has 212 valence electrons. The van der Waals surface area contributed by atoms with Crippen molar-refractivity contribution in [3.05, 3.63) is 89.2 Å². The standard InChI is InChI=1S/2C10H8BrN3O5S/c2*1-6-9(11)10(12-19-6)13-20(17,18)8-4-2-7(3-5-8)14(15)16/h2*2-5H,1H3,(H,12,13). The number of nitro benzene ring substituents is 2. The van der Waals surface area contributed by atoms with Gasteiger partial charge >= 0.3 is 0 Å². The summed E-state index contributed by atoms with van der Waals surface area (Å²) in [5, 5.41) is 28.1. The molecule has 2 N–H and O–H groups in total. The molecule has 0 bridgehead atoms. The number of hydrogen-bond acceptors (Lipinski definition) is 12. The molecule has 4 rings (SSSR count). The second-order valence-electron chi connectivity index (χ2n) is 7.52. The number of benzene rings is 2. The number of nitrogens with one attached hydrogen (secondary N) is 2. The van der Waals surface area contributed by atoms with Crippen molar-refractivity contribution in [1.82, 2.24) is 10.3 Å². The summed E-state index contributed by atoms with van der Waals surface area (Å²) in [6, 6.07) is 9.00. The monoisotopic (exact) mass is 722 g/mol. The van der Waals surface area contributed by atoms with Crippen molar-refractivity contribution in [2.24, 2.45) is 0 Å². The molecule has 0 aliphatic carbocycles. The van der Waals surface area contributed by atoms with Crippen LogP contribution in [-0.4, -0.2) is 37.0 Å². The van der Waals surface area contributed by atoms with E-state index in [0.29, 0.717) is 20.5 Å². The van der Waals surface area contributed by atoms with Crippen LogP contribution in [0.15, 0.2) is 76.3 Å². The number of rotatable bonds is 8. The van der Waals surface area contributed by atoms with Gasteiger partial charge in [-0.25, -0.2) is 16.8 Å². The van der Waals surface area contributed by atoms with Gasteiger partial charge in [0.1, 0.15) is 20.5 Å². The van der Waals surface area contributed by atoms with E-state index in [-0.39, 0.29) is 32.8 Å². The van der Waals surface area contributed by atoms with Crippen molar-refractivity contribution in [1.29, 1.82) is 0 Å². The lowest BCUT2D eigenvalue weighted by molar-refractivity contribution is -0.385. The topological polar surface area (TPSA) is 231 Å². The van der Waals surface area contributed by atoms with Crippen LogP contribution in [0, 0.1) is 34.1 Å². The average Bonchev–Trinajstić information content (AvgIpc) is 3.39. The van der Waals surface area contributed by atoms with Gasteiger partial charge in [0.25, 0.3) is 31.4 Å². The van der Waals surface area contributed by atoms with E-state index in [1.807, 2.05) is 0 Å². The van der Waals surface area contributed by atoms with Crippen molar-refractivity contribution in [3.63, 3.8) is 0 Å². The fourth-order valence-corrected chi connectivity index (χ4v) is 5.48. The predicted molar refractivity (Wildman–Crippen MR) is 146 cm³/mol. The zero-order valence-corrected chi connectivity index (χ0v) is 24.9.